The van der Waals surface area contributed by atoms with E-state index >= 15 is 0 Å². The summed E-state index contributed by atoms with van der Waals surface area (Å²) in [6, 6.07) is 4.42. The number of benzene rings is 1. The van der Waals surface area contributed by atoms with E-state index < -0.39 is 24.1 Å². The van der Waals surface area contributed by atoms with E-state index in [1.54, 1.807) is 6.92 Å². The summed E-state index contributed by atoms with van der Waals surface area (Å²) in [4.78, 5) is 16.3. The van der Waals surface area contributed by atoms with E-state index in [1.807, 2.05) is 6.92 Å². The lowest BCUT2D eigenvalue weighted by Gasteiger charge is -2.14. The second kappa shape index (κ2) is 6.67. The van der Waals surface area contributed by atoms with Crippen LogP contribution in [0.3, 0.4) is 0 Å². The summed E-state index contributed by atoms with van der Waals surface area (Å²) >= 11 is 0. The van der Waals surface area contributed by atoms with Gasteiger partial charge in [-0.05, 0) is 31.5 Å². The Kier molecular flexibility index (Phi) is 4.87. The second-order valence-corrected chi connectivity index (χ2v) is 4.79. The van der Waals surface area contributed by atoms with Crippen molar-refractivity contribution in [1.29, 1.82) is 0 Å². The molecule has 0 saturated carbocycles. The first-order chi connectivity index (χ1) is 10.8. The third kappa shape index (κ3) is 4.70. The van der Waals surface area contributed by atoms with Gasteiger partial charge in [0, 0.05) is 5.56 Å². The van der Waals surface area contributed by atoms with Gasteiger partial charge in [-0.1, -0.05) is 13.0 Å². The molecular weight excluding hydrogens is 313 g/mol. The quantitative estimate of drug-likeness (QED) is 0.884. The molecule has 2 rings (SSSR count). The summed E-state index contributed by atoms with van der Waals surface area (Å²) in [5, 5.41) is 9.33. The lowest BCUT2D eigenvalue weighted by Crippen LogP contribution is -2.29. The summed E-state index contributed by atoms with van der Waals surface area (Å²) in [5.74, 6) is 0.0354. The van der Waals surface area contributed by atoms with Crippen molar-refractivity contribution < 1.29 is 22.7 Å². The van der Waals surface area contributed by atoms with Gasteiger partial charge in [0.05, 0.1) is 6.04 Å². The van der Waals surface area contributed by atoms with Crippen molar-refractivity contribution in [2.75, 3.05) is 0 Å². The lowest BCUT2D eigenvalue weighted by molar-refractivity contribution is -0.274. The smallest absolute Gasteiger partial charge is 0.406 e. The molecule has 1 aromatic carbocycles. The molecule has 0 unspecified atom stereocenters. The molecule has 1 atom stereocenters. The zero-order valence-electron chi connectivity index (χ0n) is 12.4. The largest absolute Gasteiger partial charge is 0.573 e. The van der Waals surface area contributed by atoms with E-state index in [0.717, 1.165) is 12.1 Å². The van der Waals surface area contributed by atoms with Gasteiger partial charge in [-0.15, -0.1) is 13.2 Å². The van der Waals surface area contributed by atoms with E-state index in [1.165, 1.54) is 12.1 Å². The third-order valence-electron chi connectivity index (χ3n) is 2.97. The standard InChI is InChI=1S/C14H15F3N4O2/c1-3-11(12-18-8(2)20-21-12)19-13(22)9-5-4-6-10(7-9)23-14(15,16)17/h4-7,11H,3H2,1-2H3,(H,19,22)(H,18,20,21)/t11-/m0/s1. The van der Waals surface area contributed by atoms with Crippen molar-refractivity contribution in [3.05, 3.63) is 41.5 Å². The van der Waals surface area contributed by atoms with Crippen molar-refractivity contribution in [2.45, 2.75) is 32.7 Å². The number of amides is 1. The highest BCUT2D eigenvalue weighted by Crippen LogP contribution is 2.23. The van der Waals surface area contributed by atoms with Crippen LogP contribution in [0.1, 0.15) is 41.4 Å². The maximum absolute atomic E-state index is 12.2. The molecule has 0 aliphatic carbocycles. The van der Waals surface area contributed by atoms with E-state index in [2.05, 4.69) is 25.2 Å². The van der Waals surface area contributed by atoms with Gasteiger partial charge < -0.3 is 10.1 Å². The van der Waals surface area contributed by atoms with Crippen LogP contribution in [0.5, 0.6) is 5.75 Å². The molecule has 0 spiro atoms. The molecule has 2 N–H and O–H groups in total. The van der Waals surface area contributed by atoms with Gasteiger partial charge in [-0.25, -0.2) is 4.98 Å². The van der Waals surface area contributed by atoms with E-state index in [9.17, 15) is 18.0 Å². The minimum Gasteiger partial charge on any atom is -0.406 e. The molecule has 1 heterocycles. The van der Waals surface area contributed by atoms with Crippen molar-refractivity contribution in [2.24, 2.45) is 0 Å². The minimum atomic E-state index is -4.81. The number of aromatic nitrogens is 3. The molecule has 0 aliphatic rings. The third-order valence-corrected chi connectivity index (χ3v) is 2.97. The number of alkyl halides is 3. The Hall–Kier alpha value is -2.58. The summed E-state index contributed by atoms with van der Waals surface area (Å²) in [7, 11) is 0. The number of hydrogen-bond donors (Lipinski definition) is 2. The Morgan fingerprint density at radius 1 is 1.43 bits per heavy atom. The Balaban J connectivity index is 2.12. The molecule has 2 aromatic rings. The molecule has 6 nitrogen and oxygen atoms in total. The highest BCUT2D eigenvalue weighted by molar-refractivity contribution is 5.94. The monoisotopic (exact) mass is 328 g/mol. The van der Waals surface area contributed by atoms with Gasteiger partial charge in [0.25, 0.3) is 5.91 Å². The van der Waals surface area contributed by atoms with E-state index in [4.69, 9.17) is 0 Å². The summed E-state index contributed by atoms with van der Waals surface area (Å²) in [6.07, 6.45) is -4.28. The van der Waals surface area contributed by atoms with Crippen molar-refractivity contribution in [3.63, 3.8) is 0 Å². The molecule has 124 valence electrons. The van der Waals surface area contributed by atoms with Crippen LogP contribution in [0.4, 0.5) is 13.2 Å². The fourth-order valence-corrected chi connectivity index (χ4v) is 1.94. The van der Waals surface area contributed by atoms with E-state index in [-0.39, 0.29) is 5.56 Å². The molecule has 0 bridgehead atoms. The topological polar surface area (TPSA) is 79.9 Å². The van der Waals surface area contributed by atoms with Crippen LogP contribution in [-0.4, -0.2) is 27.5 Å². The second-order valence-electron chi connectivity index (χ2n) is 4.79. The van der Waals surface area contributed by atoms with Gasteiger partial charge in [0.2, 0.25) is 0 Å². The van der Waals surface area contributed by atoms with Crippen LogP contribution >= 0.6 is 0 Å². The number of H-pyrrole nitrogens is 1. The van der Waals surface area contributed by atoms with Gasteiger partial charge >= 0.3 is 6.36 Å². The van der Waals surface area contributed by atoms with E-state index in [0.29, 0.717) is 18.1 Å². The minimum absolute atomic E-state index is 0.0532. The fraction of sp³-hybridized carbons (Fsp3) is 0.357. The number of ether oxygens (including phenoxy) is 1. The Morgan fingerprint density at radius 3 is 2.74 bits per heavy atom. The Bertz CT molecular complexity index is 685. The van der Waals surface area contributed by atoms with Crippen molar-refractivity contribution in [3.8, 4) is 5.75 Å². The predicted octanol–water partition coefficient (Wildman–Crippen LogP) is 2.89. The van der Waals surface area contributed by atoms with Crippen LogP contribution in [0, 0.1) is 6.92 Å². The molecule has 0 fully saturated rings. The number of carbonyl (C=O) groups excluding carboxylic acids is 1. The van der Waals surface area contributed by atoms with Gasteiger partial charge in [-0.2, -0.15) is 5.10 Å². The first-order valence-electron chi connectivity index (χ1n) is 6.84. The number of aromatic amines is 1. The van der Waals surface area contributed by atoms with Crippen LogP contribution < -0.4 is 10.1 Å². The van der Waals surface area contributed by atoms with Crippen LogP contribution in [-0.2, 0) is 0 Å². The zero-order chi connectivity index (χ0) is 17.0. The highest BCUT2D eigenvalue weighted by atomic mass is 19.4. The predicted molar refractivity (Wildman–Crippen MR) is 74.7 cm³/mol. The van der Waals surface area contributed by atoms with Crippen LogP contribution in [0.15, 0.2) is 24.3 Å². The number of rotatable bonds is 5. The summed E-state index contributed by atoms with van der Waals surface area (Å²) < 4.78 is 40.5. The first-order valence-corrected chi connectivity index (χ1v) is 6.84. The maximum atomic E-state index is 12.2. The number of nitrogens with zero attached hydrogens (tertiary/aromatic N) is 2. The number of nitrogens with one attached hydrogen (secondary N) is 2. The summed E-state index contributed by atoms with van der Waals surface area (Å²) in [5.41, 5.74) is 0.0532. The molecular formula is C14H15F3N4O2. The molecule has 9 heteroatoms. The summed E-state index contributed by atoms with van der Waals surface area (Å²) in [6.45, 7) is 3.56. The molecule has 23 heavy (non-hydrogen) atoms. The average molecular weight is 328 g/mol. The number of hydrogen-bond acceptors (Lipinski definition) is 4. The molecule has 0 radical (unpaired) electrons. The maximum Gasteiger partial charge on any atom is 0.573 e. The van der Waals surface area contributed by atoms with Crippen molar-refractivity contribution >= 4 is 5.91 Å². The molecule has 0 aliphatic heterocycles. The molecule has 1 aromatic heterocycles. The van der Waals surface area contributed by atoms with Gasteiger partial charge in [0.15, 0.2) is 5.82 Å². The fourth-order valence-electron chi connectivity index (χ4n) is 1.94. The number of carbonyl (C=O) groups is 1. The Labute approximate surface area is 130 Å². The van der Waals surface area contributed by atoms with Gasteiger partial charge in [-0.3, -0.25) is 9.89 Å². The normalized spacial score (nSPS) is 12.7. The van der Waals surface area contributed by atoms with Crippen molar-refractivity contribution in [1.82, 2.24) is 20.5 Å². The molecule has 0 saturated heterocycles. The number of halogens is 3. The van der Waals surface area contributed by atoms with Crippen LogP contribution in [0.25, 0.3) is 0 Å². The Morgan fingerprint density at radius 2 is 2.17 bits per heavy atom. The van der Waals surface area contributed by atoms with Gasteiger partial charge in [0.1, 0.15) is 11.6 Å². The lowest BCUT2D eigenvalue weighted by atomic mass is 10.1. The highest BCUT2D eigenvalue weighted by Gasteiger charge is 2.31. The average Bonchev–Trinajstić information content (AvgIpc) is 2.89. The molecule has 1 amide bonds. The van der Waals surface area contributed by atoms with Crippen LogP contribution in [0.2, 0.25) is 0 Å². The number of aryl methyl sites for hydroxylation is 1. The first kappa shape index (κ1) is 16.8. The SMILES string of the molecule is CC[C@H](NC(=O)c1cccc(OC(F)(F)F)c1)c1n[nH]c(C)n1. The zero-order valence-corrected chi connectivity index (χ0v) is 12.4.